The van der Waals surface area contributed by atoms with Crippen LogP contribution in [-0.2, 0) is 20.7 Å². The molecule has 0 bridgehead atoms. The van der Waals surface area contributed by atoms with Crippen molar-refractivity contribution in [3.63, 3.8) is 0 Å². The maximum absolute atomic E-state index is 14.7. The highest BCUT2D eigenvalue weighted by Crippen LogP contribution is 2.49. The maximum Gasteiger partial charge on any atom is 0.186 e. The SMILES string of the molecule is CN(C)c1ccc(C(c2cc(C(C)(C)C)c(O)c(C(C)(C)C)c2)C(c2cccc(Cl)c2)S(=O)(=O)c2ccccc2)cc1. The normalized spacial score (nSPS) is 13.9. The molecule has 0 aliphatic carbocycles. The van der Waals surface area contributed by atoms with Gasteiger partial charge in [-0.3, -0.25) is 0 Å². The Hall–Kier alpha value is -3.28. The molecule has 0 fully saturated rings. The molecule has 4 rings (SSSR count). The van der Waals surface area contributed by atoms with Gasteiger partial charge in [0.2, 0.25) is 0 Å². The van der Waals surface area contributed by atoms with E-state index in [0.717, 1.165) is 27.9 Å². The first-order valence-corrected chi connectivity index (χ1v) is 16.1. The Kier molecular flexibility index (Phi) is 8.87. The third kappa shape index (κ3) is 6.53. The van der Waals surface area contributed by atoms with Crippen molar-refractivity contribution < 1.29 is 13.5 Å². The van der Waals surface area contributed by atoms with Gasteiger partial charge in [0.05, 0.1) is 4.90 Å². The number of benzene rings is 4. The van der Waals surface area contributed by atoms with Crippen LogP contribution in [0.1, 0.15) is 80.5 Å². The molecule has 4 aromatic carbocycles. The summed E-state index contributed by atoms with van der Waals surface area (Å²) >= 11 is 6.49. The van der Waals surface area contributed by atoms with Gasteiger partial charge in [0, 0.05) is 30.7 Å². The predicted octanol–water partition coefficient (Wildman–Crippen LogP) is 9.05. The molecule has 0 amide bonds. The van der Waals surface area contributed by atoms with Gasteiger partial charge >= 0.3 is 0 Å². The molecule has 0 aromatic heterocycles. The van der Waals surface area contributed by atoms with Crippen molar-refractivity contribution in [3.8, 4) is 5.75 Å². The van der Waals surface area contributed by atoms with Crippen molar-refractivity contribution in [2.75, 3.05) is 19.0 Å². The average Bonchev–Trinajstić information content (AvgIpc) is 2.91. The molecule has 42 heavy (non-hydrogen) atoms. The van der Waals surface area contributed by atoms with E-state index in [9.17, 15) is 13.5 Å². The molecule has 4 aromatic rings. The summed E-state index contributed by atoms with van der Waals surface area (Å²) in [6.45, 7) is 12.4. The van der Waals surface area contributed by atoms with Gasteiger partial charge in [-0.2, -0.15) is 0 Å². The molecule has 0 aliphatic rings. The van der Waals surface area contributed by atoms with Gasteiger partial charge in [-0.1, -0.05) is 108 Å². The van der Waals surface area contributed by atoms with E-state index < -0.39 is 21.0 Å². The van der Waals surface area contributed by atoms with Crippen LogP contribution in [0, 0.1) is 0 Å². The first-order valence-electron chi connectivity index (χ1n) is 14.2. The number of rotatable bonds is 7. The molecular formula is C36H42ClNO3S. The van der Waals surface area contributed by atoms with Crippen molar-refractivity contribution in [1.29, 1.82) is 0 Å². The lowest BCUT2D eigenvalue weighted by molar-refractivity contribution is 0.422. The first-order chi connectivity index (χ1) is 19.5. The van der Waals surface area contributed by atoms with Crippen LogP contribution < -0.4 is 4.90 Å². The lowest BCUT2D eigenvalue weighted by atomic mass is 9.75. The molecular weight excluding hydrogens is 562 g/mol. The van der Waals surface area contributed by atoms with E-state index in [2.05, 4.69) is 41.5 Å². The minimum absolute atomic E-state index is 0.246. The van der Waals surface area contributed by atoms with Crippen LogP contribution >= 0.6 is 11.6 Å². The monoisotopic (exact) mass is 603 g/mol. The van der Waals surface area contributed by atoms with Crippen LogP contribution in [0.25, 0.3) is 0 Å². The molecule has 0 saturated carbocycles. The van der Waals surface area contributed by atoms with Crippen LogP contribution in [-0.4, -0.2) is 27.6 Å². The fraction of sp³-hybridized carbons (Fsp3) is 0.333. The average molecular weight is 604 g/mol. The van der Waals surface area contributed by atoms with Crippen LogP contribution in [0.3, 0.4) is 0 Å². The highest BCUT2D eigenvalue weighted by molar-refractivity contribution is 7.91. The van der Waals surface area contributed by atoms with Crippen molar-refractivity contribution in [2.45, 2.75) is 68.4 Å². The van der Waals surface area contributed by atoms with Crippen LogP contribution in [0.4, 0.5) is 5.69 Å². The molecule has 2 unspecified atom stereocenters. The van der Waals surface area contributed by atoms with Crippen LogP contribution in [0.5, 0.6) is 5.75 Å². The van der Waals surface area contributed by atoms with Crippen molar-refractivity contribution >= 4 is 27.1 Å². The summed E-state index contributed by atoms with van der Waals surface area (Å²) in [5, 5.41) is 11.0. The van der Waals surface area contributed by atoms with Crippen molar-refractivity contribution in [1.82, 2.24) is 0 Å². The number of hydrogen-bond acceptors (Lipinski definition) is 4. The van der Waals surface area contributed by atoms with Gasteiger partial charge in [0.1, 0.15) is 11.0 Å². The zero-order chi connectivity index (χ0) is 31.0. The van der Waals surface area contributed by atoms with Crippen LogP contribution in [0.2, 0.25) is 5.02 Å². The maximum atomic E-state index is 14.7. The van der Waals surface area contributed by atoms with Gasteiger partial charge in [-0.15, -0.1) is 0 Å². The van der Waals surface area contributed by atoms with Gasteiger partial charge < -0.3 is 10.0 Å². The van der Waals surface area contributed by atoms with Gasteiger partial charge in [-0.25, -0.2) is 8.42 Å². The summed E-state index contributed by atoms with van der Waals surface area (Å²) in [6, 6.07) is 27.8. The summed E-state index contributed by atoms with van der Waals surface area (Å²) in [7, 11) is 0.0258. The molecule has 222 valence electrons. The minimum Gasteiger partial charge on any atom is -0.507 e. The van der Waals surface area contributed by atoms with E-state index in [-0.39, 0.29) is 21.5 Å². The summed E-state index contributed by atoms with van der Waals surface area (Å²) < 4.78 is 29.5. The second-order valence-corrected chi connectivity index (χ2v) is 15.8. The predicted molar refractivity (Wildman–Crippen MR) is 176 cm³/mol. The summed E-state index contributed by atoms with van der Waals surface area (Å²) in [5.41, 5.74) is 4.09. The standard InChI is InChI=1S/C36H42ClNO3S/c1-35(2,3)30-22-26(23-31(33(30)39)36(4,5)6)32(24-17-19-28(20-18-24)38(7)8)34(25-13-12-14-27(37)21-25)42(40,41)29-15-10-9-11-16-29/h9-23,32,34,39H,1-8H3. The van der Waals surface area contributed by atoms with Crippen molar-refractivity contribution in [2.24, 2.45) is 0 Å². The van der Waals surface area contributed by atoms with E-state index in [1.165, 1.54) is 0 Å². The molecule has 6 heteroatoms. The Bertz CT molecular complexity index is 1610. The smallest absolute Gasteiger partial charge is 0.186 e. The lowest BCUT2D eigenvalue weighted by Gasteiger charge is -2.33. The number of aromatic hydroxyl groups is 1. The fourth-order valence-electron chi connectivity index (χ4n) is 5.49. The quantitative estimate of drug-likeness (QED) is 0.229. The molecule has 0 heterocycles. The van der Waals surface area contributed by atoms with Gasteiger partial charge in [0.25, 0.3) is 0 Å². The molecule has 0 spiro atoms. The number of sulfone groups is 1. The summed E-state index contributed by atoms with van der Waals surface area (Å²) in [4.78, 5) is 2.26. The van der Waals surface area contributed by atoms with Crippen molar-refractivity contribution in [3.05, 3.63) is 124 Å². The Morgan fingerprint density at radius 1 is 0.690 bits per heavy atom. The Morgan fingerprint density at radius 3 is 1.71 bits per heavy atom. The molecule has 0 saturated heterocycles. The molecule has 0 radical (unpaired) electrons. The summed E-state index contributed by atoms with van der Waals surface area (Å²) in [6.07, 6.45) is 0. The number of hydrogen-bond donors (Lipinski definition) is 1. The highest BCUT2D eigenvalue weighted by Gasteiger charge is 2.40. The van der Waals surface area contributed by atoms with E-state index in [0.29, 0.717) is 10.6 Å². The van der Waals surface area contributed by atoms with Gasteiger partial charge in [0.15, 0.2) is 9.84 Å². The zero-order valence-electron chi connectivity index (χ0n) is 25.8. The number of nitrogens with zero attached hydrogens (tertiary/aromatic N) is 1. The topological polar surface area (TPSA) is 57.6 Å². The minimum atomic E-state index is -3.93. The largest absolute Gasteiger partial charge is 0.507 e. The van der Waals surface area contributed by atoms with E-state index >= 15 is 0 Å². The fourth-order valence-corrected chi connectivity index (χ4v) is 7.70. The number of anilines is 1. The van der Waals surface area contributed by atoms with E-state index in [1.54, 1.807) is 42.5 Å². The molecule has 2 atom stereocenters. The first kappa shape index (κ1) is 31.7. The molecule has 0 aliphatic heterocycles. The zero-order valence-corrected chi connectivity index (χ0v) is 27.4. The highest BCUT2D eigenvalue weighted by atomic mass is 35.5. The third-order valence-corrected chi connectivity index (χ3v) is 10.1. The third-order valence-electron chi connectivity index (χ3n) is 7.76. The van der Waals surface area contributed by atoms with E-state index in [4.69, 9.17) is 11.6 Å². The Morgan fingerprint density at radius 2 is 1.24 bits per heavy atom. The number of phenols is 1. The molecule has 4 nitrogen and oxygen atoms in total. The Balaban J connectivity index is 2.14. The molecule has 1 N–H and O–H groups in total. The second kappa shape index (κ2) is 11.8. The Labute approximate surface area is 256 Å². The van der Waals surface area contributed by atoms with Gasteiger partial charge in [-0.05, 0) is 75.0 Å². The van der Waals surface area contributed by atoms with E-state index in [1.807, 2.05) is 67.5 Å². The second-order valence-electron chi connectivity index (χ2n) is 13.3. The summed E-state index contributed by atoms with van der Waals surface area (Å²) in [5.74, 6) is -0.349. The van der Waals surface area contributed by atoms with Crippen LogP contribution in [0.15, 0.2) is 95.9 Å². The number of halogens is 1. The lowest BCUT2D eigenvalue weighted by Crippen LogP contribution is -2.24. The number of phenolic OH excluding ortho intramolecular Hbond substituents is 1.